The number of hydrogen-bond acceptors (Lipinski definition) is 3. The molecule has 1 aliphatic heterocycles. The molecule has 1 saturated carbocycles. The number of hydrogen-bond donors (Lipinski definition) is 2. The SMILES string of the molecule is NNC(CC1CCC1)c1cccc2c1OCCC2. The lowest BCUT2D eigenvalue weighted by molar-refractivity contribution is 0.250. The van der Waals surface area contributed by atoms with Crippen LogP contribution in [0.15, 0.2) is 18.2 Å². The van der Waals surface area contributed by atoms with Gasteiger partial charge in [0.2, 0.25) is 0 Å². The summed E-state index contributed by atoms with van der Waals surface area (Å²) in [5.74, 6) is 7.69. The maximum atomic E-state index is 5.88. The van der Waals surface area contributed by atoms with Crippen LogP contribution in [0.5, 0.6) is 5.75 Å². The fourth-order valence-electron chi connectivity index (χ4n) is 3.04. The summed E-state index contributed by atoms with van der Waals surface area (Å²) in [5, 5.41) is 0. The van der Waals surface area contributed by atoms with E-state index in [1.54, 1.807) is 0 Å². The van der Waals surface area contributed by atoms with Crippen LogP contribution in [-0.2, 0) is 6.42 Å². The molecule has 1 unspecified atom stereocenters. The van der Waals surface area contributed by atoms with E-state index in [9.17, 15) is 0 Å². The second-order valence-corrected chi connectivity index (χ2v) is 5.54. The van der Waals surface area contributed by atoms with E-state index in [2.05, 4.69) is 23.6 Å². The van der Waals surface area contributed by atoms with Gasteiger partial charge in [-0.3, -0.25) is 11.3 Å². The fourth-order valence-corrected chi connectivity index (χ4v) is 3.04. The zero-order valence-electron chi connectivity index (χ0n) is 10.8. The molecule has 18 heavy (non-hydrogen) atoms. The molecule has 1 aliphatic carbocycles. The van der Waals surface area contributed by atoms with Gasteiger partial charge in [0.25, 0.3) is 0 Å². The van der Waals surface area contributed by atoms with E-state index in [1.807, 2.05) is 0 Å². The molecule has 1 heterocycles. The molecule has 3 heteroatoms. The Balaban J connectivity index is 1.84. The van der Waals surface area contributed by atoms with Gasteiger partial charge < -0.3 is 4.74 Å². The summed E-state index contributed by atoms with van der Waals surface area (Å²) in [7, 11) is 0. The molecule has 0 amide bonds. The Morgan fingerprint density at radius 2 is 2.22 bits per heavy atom. The molecule has 0 aromatic heterocycles. The summed E-state index contributed by atoms with van der Waals surface area (Å²) >= 11 is 0. The van der Waals surface area contributed by atoms with E-state index in [4.69, 9.17) is 10.6 Å². The number of fused-ring (bicyclic) bond motifs is 1. The zero-order valence-corrected chi connectivity index (χ0v) is 10.8. The van der Waals surface area contributed by atoms with Gasteiger partial charge in [-0.25, -0.2) is 0 Å². The van der Waals surface area contributed by atoms with Crippen molar-refractivity contribution in [3.8, 4) is 5.75 Å². The molecule has 3 N–H and O–H groups in total. The van der Waals surface area contributed by atoms with Gasteiger partial charge in [0.05, 0.1) is 6.61 Å². The van der Waals surface area contributed by atoms with Crippen LogP contribution in [0.2, 0.25) is 0 Å². The predicted octanol–water partition coefficient (Wildman–Crippen LogP) is 2.71. The molecule has 98 valence electrons. The highest BCUT2D eigenvalue weighted by Crippen LogP contribution is 2.39. The Morgan fingerprint density at radius 1 is 1.33 bits per heavy atom. The first kappa shape index (κ1) is 12.0. The summed E-state index contributed by atoms with van der Waals surface area (Å²) in [6.07, 6.45) is 7.48. The summed E-state index contributed by atoms with van der Waals surface area (Å²) in [6.45, 7) is 0.838. The third-order valence-electron chi connectivity index (χ3n) is 4.33. The quantitative estimate of drug-likeness (QED) is 0.634. The third kappa shape index (κ3) is 2.25. The monoisotopic (exact) mass is 246 g/mol. The van der Waals surface area contributed by atoms with E-state index in [-0.39, 0.29) is 6.04 Å². The van der Waals surface area contributed by atoms with Gasteiger partial charge in [0.15, 0.2) is 0 Å². The molecule has 1 aromatic carbocycles. The van der Waals surface area contributed by atoms with E-state index in [0.29, 0.717) is 0 Å². The minimum Gasteiger partial charge on any atom is -0.493 e. The van der Waals surface area contributed by atoms with Crippen molar-refractivity contribution < 1.29 is 4.74 Å². The van der Waals surface area contributed by atoms with E-state index in [1.165, 1.54) is 30.4 Å². The lowest BCUT2D eigenvalue weighted by atomic mass is 9.79. The number of aryl methyl sites for hydroxylation is 1. The molecule has 0 bridgehead atoms. The number of hydrazine groups is 1. The Hall–Kier alpha value is -1.06. The minimum atomic E-state index is 0.239. The van der Waals surface area contributed by atoms with E-state index in [0.717, 1.165) is 37.5 Å². The van der Waals surface area contributed by atoms with Crippen molar-refractivity contribution in [2.24, 2.45) is 11.8 Å². The van der Waals surface area contributed by atoms with Gasteiger partial charge in [0, 0.05) is 11.6 Å². The van der Waals surface area contributed by atoms with Crippen LogP contribution in [0, 0.1) is 5.92 Å². The van der Waals surface area contributed by atoms with Gasteiger partial charge in [-0.05, 0) is 30.7 Å². The average molecular weight is 246 g/mol. The standard InChI is InChI=1S/C15H22N2O/c16-17-14(10-11-4-1-5-11)13-8-2-6-12-7-3-9-18-15(12)13/h2,6,8,11,14,17H,1,3-5,7,9-10,16H2. The maximum Gasteiger partial charge on any atom is 0.127 e. The molecule has 0 spiro atoms. The van der Waals surface area contributed by atoms with Gasteiger partial charge >= 0.3 is 0 Å². The largest absolute Gasteiger partial charge is 0.493 e. The van der Waals surface area contributed by atoms with Gasteiger partial charge in [-0.1, -0.05) is 37.5 Å². The lowest BCUT2D eigenvalue weighted by Gasteiger charge is -2.31. The van der Waals surface area contributed by atoms with E-state index >= 15 is 0 Å². The molecular formula is C15H22N2O. The number of nitrogens with two attached hydrogens (primary N) is 1. The topological polar surface area (TPSA) is 47.3 Å². The predicted molar refractivity (Wildman–Crippen MR) is 72.3 cm³/mol. The number of rotatable bonds is 4. The molecule has 3 rings (SSSR count). The first-order valence-corrected chi connectivity index (χ1v) is 7.09. The smallest absolute Gasteiger partial charge is 0.127 e. The van der Waals surface area contributed by atoms with Crippen molar-refractivity contribution in [1.82, 2.24) is 5.43 Å². The Kier molecular flexibility index (Phi) is 3.52. The van der Waals surface area contributed by atoms with Crippen LogP contribution in [0.25, 0.3) is 0 Å². The lowest BCUT2D eigenvalue weighted by Crippen LogP contribution is -2.31. The Bertz CT molecular complexity index is 415. The number of para-hydroxylation sites is 1. The Labute approximate surface area is 109 Å². The van der Waals surface area contributed by atoms with Crippen molar-refractivity contribution in [1.29, 1.82) is 0 Å². The molecular weight excluding hydrogens is 224 g/mol. The van der Waals surface area contributed by atoms with Crippen LogP contribution in [0.4, 0.5) is 0 Å². The highest BCUT2D eigenvalue weighted by molar-refractivity contribution is 5.44. The minimum absolute atomic E-state index is 0.239. The van der Waals surface area contributed by atoms with Crippen LogP contribution in [0.3, 0.4) is 0 Å². The zero-order chi connectivity index (χ0) is 12.4. The second-order valence-electron chi connectivity index (χ2n) is 5.54. The van der Waals surface area contributed by atoms with Crippen LogP contribution < -0.4 is 16.0 Å². The normalized spacial score (nSPS) is 20.7. The number of nitrogens with one attached hydrogen (secondary N) is 1. The molecule has 1 fully saturated rings. The Morgan fingerprint density at radius 3 is 2.94 bits per heavy atom. The fraction of sp³-hybridized carbons (Fsp3) is 0.600. The molecule has 0 radical (unpaired) electrons. The molecule has 3 nitrogen and oxygen atoms in total. The average Bonchev–Trinajstić information content (AvgIpc) is 2.38. The van der Waals surface area contributed by atoms with E-state index < -0.39 is 0 Å². The van der Waals surface area contributed by atoms with Crippen molar-refractivity contribution in [3.05, 3.63) is 29.3 Å². The maximum absolute atomic E-state index is 5.88. The molecule has 1 aromatic rings. The molecule has 2 aliphatic rings. The van der Waals surface area contributed by atoms with Crippen molar-refractivity contribution in [2.75, 3.05) is 6.61 Å². The summed E-state index contributed by atoms with van der Waals surface area (Å²) in [6, 6.07) is 6.71. The molecule has 0 saturated heterocycles. The van der Waals surface area contributed by atoms with Crippen LogP contribution in [0.1, 0.15) is 49.3 Å². The third-order valence-corrected chi connectivity index (χ3v) is 4.33. The van der Waals surface area contributed by atoms with Gasteiger partial charge in [0.1, 0.15) is 5.75 Å². The molecule has 1 atom stereocenters. The number of ether oxygens (including phenoxy) is 1. The summed E-state index contributed by atoms with van der Waals surface area (Å²) in [5.41, 5.74) is 5.58. The first-order chi connectivity index (χ1) is 8.88. The van der Waals surface area contributed by atoms with Gasteiger partial charge in [-0.2, -0.15) is 0 Å². The van der Waals surface area contributed by atoms with Crippen molar-refractivity contribution in [2.45, 2.75) is 44.6 Å². The summed E-state index contributed by atoms with van der Waals surface area (Å²) in [4.78, 5) is 0. The van der Waals surface area contributed by atoms with Crippen molar-refractivity contribution >= 4 is 0 Å². The first-order valence-electron chi connectivity index (χ1n) is 7.09. The van der Waals surface area contributed by atoms with Crippen LogP contribution >= 0.6 is 0 Å². The highest BCUT2D eigenvalue weighted by atomic mass is 16.5. The highest BCUT2D eigenvalue weighted by Gasteiger charge is 2.25. The van der Waals surface area contributed by atoms with Gasteiger partial charge in [-0.15, -0.1) is 0 Å². The summed E-state index contributed by atoms with van der Waals surface area (Å²) < 4.78 is 5.88. The van der Waals surface area contributed by atoms with Crippen LogP contribution in [-0.4, -0.2) is 6.61 Å². The number of benzene rings is 1. The van der Waals surface area contributed by atoms with Crippen molar-refractivity contribution in [3.63, 3.8) is 0 Å². The second kappa shape index (κ2) is 5.29.